The van der Waals surface area contributed by atoms with Crippen LogP contribution < -0.4 is 10.2 Å². The van der Waals surface area contributed by atoms with E-state index < -0.39 is 21.9 Å². The first kappa shape index (κ1) is 17.0. The number of hydrogen-bond acceptors (Lipinski definition) is 4. The maximum atomic E-state index is 14.4. The number of hydrogen-bond donors (Lipinski definition) is 1. The number of thioether (sulfide) groups is 1. The molecule has 2 unspecified atom stereocenters. The van der Waals surface area contributed by atoms with E-state index in [1.807, 2.05) is 24.3 Å². The molecule has 1 spiro atoms. The van der Waals surface area contributed by atoms with Gasteiger partial charge in [0.25, 0.3) is 0 Å². The molecule has 2 heterocycles. The summed E-state index contributed by atoms with van der Waals surface area (Å²) in [4.78, 5) is 12.4. The highest BCUT2D eigenvalue weighted by atomic mass is 32.2. The van der Waals surface area contributed by atoms with Gasteiger partial charge in [0.15, 0.2) is 0 Å². The second-order valence-electron chi connectivity index (χ2n) is 7.12. The van der Waals surface area contributed by atoms with Crippen molar-refractivity contribution >= 4 is 17.7 Å². The van der Waals surface area contributed by atoms with Crippen LogP contribution in [0.25, 0.3) is 0 Å². The van der Waals surface area contributed by atoms with E-state index in [0.29, 0.717) is 13.0 Å². The van der Waals surface area contributed by atoms with Crippen LogP contribution in [0.15, 0.2) is 42.5 Å². The first-order valence-electron chi connectivity index (χ1n) is 9.04. The molecule has 140 valence electrons. The number of rotatable bonds is 2. The van der Waals surface area contributed by atoms with Crippen molar-refractivity contribution in [2.45, 2.75) is 29.5 Å². The summed E-state index contributed by atoms with van der Waals surface area (Å²) < 4.78 is 34.0. The van der Waals surface area contributed by atoms with Gasteiger partial charge in [0.05, 0.1) is 6.61 Å². The average Bonchev–Trinajstić information content (AvgIpc) is 3.46. The summed E-state index contributed by atoms with van der Waals surface area (Å²) in [6.45, 7) is 0.457. The maximum absolute atomic E-state index is 14.4. The Morgan fingerprint density at radius 3 is 2.85 bits per heavy atom. The third-order valence-electron chi connectivity index (χ3n) is 5.31. The number of para-hydroxylation sites is 1. The lowest BCUT2D eigenvalue weighted by atomic mass is 9.98. The van der Waals surface area contributed by atoms with E-state index in [4.69, 9.17) is 4.74 Å². The molecule has 0 aromatic heterocycles. The number of benzene rings is 2. The van der Waals surface area contributed by atoms with Crippen LogP contribution in [-0.2, 0) is 9.67 Å². The van der Waals surface area contributed by atoms with Crippen molar-refractivity contribution in [3.63, 3.8) is 0 Å². The predicted molar refractivity (Wildman–Crippen MR) is 97.6 cm³/mol. The van der Waals surface area contributed by atoms with Crippen molar-refractivity contribution in [3.05, 3.63) is 65.2 Å². The summed E-state index contributed by atoms with van der Waals surface area (Å²) in [6.07, 6.45) is 2.32. The molecule has 4 nitrogen and oxygen atoms in total. The largest absolute Gasteiger partial charge is 0.493 e. The lowest BCUT2D eigenvalue weighted by Crippen LogP contribution is -2.51. The van der Waals surface area contributed by atoms with Gasteiger partial charge in [-0.3, -0.25) is 9.80 Å². The van der Waals surface area contributed by atoms with E-state index in [-0.39, 0.29) is 17.4 Å². The van der Waals surface area contributed by atoms with Gasteiger partial charge in [-0.15, -0.1) is 11.8 Å². The second-order valence-corrected chi connectivity index (χ2v) is 8.50. The van der Waals surface area contributed by atoms with Gasteiger partial charge in [-0.1, -0.05) is 18.2 Å². The van der Waals surface area contributed by atoms with Gasteiger partial charge in [-0.25, -0.2) is 14.2 Å². The molecule has 0 bridgehead atoms. The number of nitrogens with zero attached hydrogens (tertiary/aromatic N) is 1. The Morgan fingerprint density at radius 2 is 2.04 bits per heavy atom. The van der Waals surface area contributed by atoms with E-state index in [1.165, 1.54) is 17.8 Å². The Morgan fingerprint density at radius 1 is 1.22 bits per heavy atom. The van der Waals surface area contributed by atoms with Crippen molar-refractivity contribution in [1.29, 1.82) is 0 Å². The van der Waals surface area contributed by atoms with Crippen LogP contribution >= 0.6 is 11.8 Å². The van der Waals surface area contributed by atoms with Crippen LogP contribution in [0.3, 0.4) is 0 Å². The Balaban J connectivity index is 1.61. The summed E-state index contributed by atoms with van der Waals surface area (Å²) >= 11 is 1.44. The van der Waals surface area contributed by atoms with Gasteiger partial charge in [-0.05, 0) is 37.1 Å². The summed E-state index contributed by atoms with van der Waals surface area (Å²) in [5.74, 6) is -0.244. The zero-order valence-electron chi connectivity index (χ0n) is 14.5. The van der Waals surface area contributed by atoms with Crippen LogP contribution in [0.1, 0.15) is 35.8 Å². The number of carbonyl (C=O) groups excluding carboxylic acids is 1. The number of carbonyl (C=O) groups is 1. The quantitative estimate of drug-likeness (QED) is 0.842. The topological polar surface area (TPSA) is 41.6 Å². The van der Waals surface area contributed by atoms with Crippen LogP contribution in [0, 0.1) is 17.6 Å². The van der Waals surface area contributed by atoms with Crippen LogP contribution in [0.2, 0.25) is 0 Å². The fraction of sp³-hybridized carbons (Fsp3) is 0.350. The van der Waals surface area contributed by atoms with E-state index in [1.54, 1.807) is 5.01 Å². The number of amides is 1. The highest BCUT2D eigenvalue weighted by Crippen LogP contribution is 2.58. The van der Waals surface area contributed by atoms with E-state index in [2.05, 4.69) is 5.43 Å². The van der Waals surface area contributed by atoms with Crippen molar-refractivity contribution < 1.29 is 18.3 Å². The minimum Gasteiger partial charge on any atom is -0.493 e. The maximum Gasteiger partial charge on any atom is 0.241 e. The molecule has 27 heavy (non-hydrogen) atoms. The van der Waals surface area contributed by atoms with E-state index >= 15 is 0 Å². The van der Waals surface area contributed by atoms with Gasteiger partial charge >= 0.3 is 0 Å². The molecule has 3 aliphatic rings. The minimum atomic E-state index is -0.696. The van der Waals surface area contributed by atoms with Crippen LogP contribution in [0.5, 0.6) is 5.75 Å². The molecule has 2 atom stereocenters. The van der Waals surface area contributed by atoms with Gasteiger partial charge in [0, 0.05) is 23.5 Å². The summed E-state index contributed by atoms with van der Waals surface area (Å²) in [6, 6.07) is 11.1. The zero-order valence-corrected chi connectivity index (χ0v) is 15.3. The Bertz CT molecular complexity index is 921. The molecule has 2 fully saturated rings. The molecule has 7 heteroatoms. The van der Waals surface area contributed by atoms with Crippen LogP contribution in [0.4, 0.5) is 8.78 Å². The van der Waals surface area contributed by atoms with E-state index in [9.17, 15) is 13.6 Å². The first-order valence-corrected chi connectivity index (χ1v) is 9.92. The number of halogens is 2. The monoisotopic (exact) mass is 388 g/mol. The molecule has 1 aliphatic carbocycles. The molecule has 0 radical (unpaired) electrons. The fourth-order valence-corrected chi connectivity index (χ4v) is 5.40. The molecule has 1 saturated heterocycles. The summed E-state index contributed by atoms with van der Waals surface area (Å²) in [5.41, 5.74) is 4.29. The number of fused-ring (bicyclic) bond motifs is 2. The highest BCUT2D eigenvalue weighted by molar-refractivity contribution is 8.00. The fourth-order valence-electron chi connectivity index (χ4n) is 3.80. The molecular formula is C20H18F2N2O2S. The summed E-state index contributed by atoms with van der Waals surface area (Å²) in [5, 5.41) is 1.10. The third-order valence-corrected chi connectivity index (χ3v) is 6.91. The lowest BCUT2D eigenvalue weighted by molar-refractivity contribution is -0.140. The molecule has 1 saturated carbocycles. The standard InChI is InChI=1S/C20H18F2N2O2S/c21-13-7-8-16(22)14(11-13)18-23-24(19(25)12-5-6-12)20(27-18)9-10-26-17-4-2-1-3-15(17)20/h1-4,7-8,11-12,18,23H,5-6,9-10H2. The Labute approximate surface area is 159 Å². The minimum absolute atomic E-state index is 0.00101. The SMILES string of the molecule is O=C(C1CC1)N1NC(c2cc(F)ccc2F)SC12CCOc1ccccc12. The van der Waals surface area contributed by atoms with Crippen LogP contribution in [-0.4, -0.2) is 17.5 Å². The first-order chi connectivity index (χ1) is 13.1. The summed E-state index contributed by atoms with van der Waals surface area (Å²) in [7, 11) is 0. The zero-order chi connectivity index (χ0) is 18.6. The van der Waals surface area contributed by atoms with Crippen molar-refractivity contribution in [3.8, 4) is 5.75 Å². The van der Waals surface area contributed by atoms with Crippen molar-refractivity contribution in [2.75, 3.05) is 6.61 Å². The Kier molecular flexibility index (Phi) is 3.91. The predicted octanol–water partition coefficient (Wildman–Crippen LogP) is 4.09. The molecule has 1 amide bonds. The van der Waals surface area contributed by atoms with Crippen molar-refractivity contribution in [1.82, 2.24) is 10.4 Å². The third kappa shape index (κ3) is 2.72. The molecular weight excluding hydrogens is 370 g/mol. The number of hydrazine groups is 1. The molecule has 2 aromatic rings. The molecule has 1 N–H and O–H groups in total. The average molecular weight is 388 g/mol. The molecule has 2 aromatic carbocycles. The van der Waals surface area contributed by atoms with Gasteiger partial charge in [0.2, 0.25) is 5.91 Å². The number of nitrogens with one attached hydrogen (secondary N) is 1. The second kappa shape index (κ2) is 6.21. The molecule has 5 rings (SSSR count). The van der Waals surface area contributed by atoms with Gasteiger partial charge in [0.1, 0.15) is 27.6 Å². The van der Waals surface area contributed by atoms with Gasteiger partial charge < -0.3 is 4.74 Å². The van der Waals surface area contributed by atoms with Gasteiger partial charge in [-0.2, -0.15) is 0 Å². The highest BCUT2D eigenvalue weighted by Gasteiger charge is 2.55. The van der Waals surface area contributed by atoms with Crippen molar-refractivity contribution in [2.24, 2.45) is 5.92 Å². The smallest absolute Gasteiger partial charge is 0.241 e. The lowest BCUT2D eigenvalue weighted by Gasteiger charge is -2.40. The molecule has 2 aliphatic heterocycles. The number of ether oxygens (including phenoxy) is 1. The van der Waals surface area contributed by atoms with E-state index in [0.717, 1.165) is 36.3 Å². The normalized spacial score (nSPS) is 26.7. The Hall–Kier alpha value is -2.12.